The third kappa shape index (κ3) is 2.51. The number of carboxylic acid groups (broad SMARTS) is 1. The van der Waals surface area contributed by atoms with Crippen LogP contribution in [0.25, 0.3) is 0 Å². The van der Waals surface area contributed by atoms with E-state index in [1.165, 1.54) is 36.5 Å². The Balaban J connectivity index is 2.49. The number of nitro benzene ring substituents is 1. The van der Waals surface area contributed by atoms with Gasteiger partial charge < -0.3 is 5.11 Å². The molecule has 7 nitrogen and oxygen atoms in total. The molecule has 0 radical (unpaired) electrons. The molecule has 0 aliphatic carbocycles. The largest absolute Gasteiger partial charge is 0.478 e. The van der Waals surface area contributed by atoms with Gasteiger partial charge in [0.1, 0.15) is 5.69 Å². The summed E-state index contributed by atoms with van der Waals surface area (Å²) < 4.78 is 0. The summed E-state index contributed by atoms with van der Waals surface area (Å²) in [6.45, 7) is 0. The molecule has 0 spiro atoms. The summed E-state index contributed by atoms with van der Waals surface area (Å²) in [6.07, 6.45) is 1.29. The maximum atomic E-state index is 12.2. The smallest absolute Gasteiger partial charge is 0.338 e. The van der Waals surface area contributed by atoms with Crippen molar-refractivity contribution in [3.63, 3.8) is 0 Å². The summed E-state index contributed by atoms with van der Waals surface area (Å²) in [5.74, 6) is -1.96. The quantitative estimate of drug-likeness (QED) is 0.517. The lowest BCUT2D eigenvalue weighted by atomic mass is 10.0. The summed E-state index contributed by atoms with van der Waals surface area (Å²) in [5, 5.41) is 19.7. The van der Waals surface area contributed by atoms with E-state index in [2.05, 4.69) is 4.98 Å². The molecule has 0 amide bonds. The highest BCUT2D eigenvalue weighted by Crippen LogP contribution is 2.17. The van der Waals surface area contributed by atoms with E-state index in [9.17, 15) is 19.7 Å². The van der Waals surface area contributed by atoms with Crippen LogP contribution in [-0.2, 0) is 0 Å². The third-order valence-electron chi connectivity index (χ3n) is 2.57. The molecular weight excluding hydrogens is 264 g/mol. The SMILES string of the molecule is O=C(O)c1cccnc1C(=O)c1cccc([N+](=O)[O-])c1. The number of aromatic nitrogens is 1. The van der Waals surface area contributed by atoms with Crippen LogP contribution in [0.1, 0.15) is 26.4 Å². The molecule has 2 rings (SSSR count). The lowest BCUT2D eigenvalue weighted by molar-refractivity contribution is -0.384. The maximum absolute atomic E-state index is 12.2. The van der Waals surface area contributed by atoms with Gasteiger partial charge in [0, 0.05) is 23.9 Å². The van der Waals surface area contributed by atoms with Gasteiger partial charge in [-0.15, -0.1) is 0 Å². The third-order valence-corrected chi connectivity index (χ3v) is 2.57. The number of rotatable bonds is 4. The predicted octanol–water partition coefficient (Wildman–Crippen LogP) is 1.92. The topological polar surface area (TPSA) is 110 Å². The molecule has 1 heterocycles. The first-order valence-corrected chi connectivity index (χ1v) is 5.48. The molecule has 1 aromatic carbocycles. The molecule has 7 heteroatoms. The molecular formula is C13H8N2O5. The zero-order chi connectivity index (χ0) is 14.7. The Morgan fingerprint density at radius 3 is 2.60 bits per heavy atom. The number of hydrogen-bond acceptors (Lipinski definition) is 5. The minimum atomic E-state index is -1.29. The van der Waals surface area contributed by atoms with E-state index in [-0.39, 0.29) is 22.5 Å². The van der Waals surface area contributed by atoms with Crippen LogP contribution in [0.3, 0.4) is 0 Å². The second-order valence-electron chi connectivity index (χ2n) is 3.84. The predicted molar refractivity (Wildman–Crippen MR) is 67.7 cm³/mol. The van der Waals surface area contributed by atoms with Gasteiger partial charge in [-0.3, -0.25) is 19.9 Å². The van der Waals surface area contributed by atoms with Crippen molar-refractivity contribution < 1.29 is 19.6 Å². The van der Waals surface area contributed by atoms with Crippen LogP contribution in [0, 0.1) is 10.1 Å². The molecule has 0 atom stereocenters. The van der Waals surface area contributed by atoms with E-state index in [4.69, 9.17) is 5.11 Å². The van der Waals surface area contributed by atoms with Gasteiger partial charge >= 0.3 is 5.97 Å². The second kappa shape index (κ2) is 5.27. The van der Waals surface area contributed by atoms with Gasteiger partial charge in [0.15, 0.2) is 0 Å². The molecule has 0 fully saturated rings. The van der Waals surface area contributed by atoms with Crippen LogP contribution in [0.5, 0.6) is 0 Å². The van der Waals surface area contributed by atoms with Gasteiger partial charge in [0.25, 0.3) is 5.69 Å². The number of nitrogens with zero attached hydrogens (tertiary/aromatic N) is 2. The Morgan fingerprint density at radius 2 is 1.95 bits per heavy atom. The average Bonchev–Trinajstić information content (AvgIpc) is 2.46. The summed E-state index contributed by atoms with van der Waals surface area (Å²) in [6, 6.07) is 7.70. The maximum Gasteiger partial charge on any atom is 0.338 e. The summed E-state index contributed by atoms with van der Waals surface area (Å²) >= 11 is 0. The Morgan fingerprint density at radius 1 is 1.20 bits per heavy atom. The zero-order valence-corrected chi connectivity index (χ0v) is 10.0. The Labute approximate surface area is 112 Å². The minimum absolute atomic E-state index is 0.0143. The first-order valence-electron chi connectivity index (χ1n) is 5.48. The highest BCUT2D eigenvalue weighted by molar-refractivity contribution is 6.13. The van der Waals surface area contributed by atoms with Gasteiger partial charge in [-0.1, -0.05) is 12.1 Å². The van der Waals surface area contributed by atoms with Crippen LogP contribution < -0.4 is 0 Å². The van der Waals surface area contributed by atoms with Crippen molar-refractivity contribution in [1.29, 1.82) is 0 Å². The molecule has 2 aromatic rings. The zero-order valence-electron chi connectivity index (χ0n) is 10.0. The van der Waals surface area contributed by atoms with Crippen LogP contribution in [0.4, 0.5) is 5.69 Å². The molecule has 100 valence electrons. The molecule has 0 bridgehead atoms. The van der Waals surface area contributed by atoms with Gasteiger partial charge in [0.2, 0.25) is 5.78 Å². The number of nitro groups is 1. The normalized spacial score (nSPS) is 10.0. The van der Waals surface area contributed by atoms with Gasteiger partial charge in [0.05, 0.1) is 10.5 Å². The van der Waals surface area contributed by atoms with Crippen LogP contribution >= 0.6 is 0 Å². The highest BCUT2D eigenvalue weighted by atomic mass is 16.6. The van der Waals surface area contributed by atoms with Crippen molar-refractivity contribution in [2.24, 2.45) is 0 Å². The van der Waals surface area contributed by atoms with Gasteiger partial charge in [-0.2, -0.15) is 0 Å². The molecule has 0 saturated carbocycles. The van der Waals surface area contributed by atoms with Crippen molar-refractivity contribution in [2.45, 2.75) is 0 Å². The number of non-ortho nitro benzene ring substituents is 1. The standard InChI is InChI=1S/C13H8N2O5/c16-12(8-3-1-4-9(7-8)15(19)20)11-10(13(17)18)5-2-6-14-11/h1-7H,(H,17,18). The minimum Gasteiger partial charge on any atom is -0.478 e. The van der Waals surface area contributed by atoms with Gasteiger partial charge in [-0.25, -0.2) is 4.79 Å². The van der Waals surface area contributed by atoms with Crippen LogP contribution in [0.15, 0.2) is 42.6 Å². The Kier molecular flexibility index (Phi) is 3.52. The first-order chi connectivity index (χ1) is 9.50. The van der Waals surface area contributed by atoms with E-state index in [1.54, 1.807) is 0 Å². The fraction of sp³-hybridized carbons (Fsp3) is 0. The second-order valence-corrected chi connectivity index (χ2v) is 3.84. The number of pyridine rings is 1. The Bertz CT molecular complexity index is 711. The summed E-state index contributed by atoms with van der Waals surface area (Å²) in [5.41, 5.74) is -0.728. The highest BCUT2D eigenvalue weighted by Gasteiger charge is 2.20. The van der Waals surface area contributed by atoms with Crippen molar-refractivity contribution in [2.75, 3.05) is 0 Å². The number of carbonyl (C=O) groups is 2. The lowest BCUT2D eigenvalue weighted by Crippen LogP contribution is -2.12. The number of carbonyl (C=O) groups excluding carboxylic acids is 1. The van der Waals surface area contributed by atoms with E-state index in [0.29, 0.717) is 0 Å². The molecule has 0 unspecified atom stereocenters. The van der Waals surface area contributed by atoms with Crippen molar-refractivity contribution in [1.82, 2.24) is 4.98 Å². The fourth-order valence-corrected chi connectivity index (χ4v) is 1.66. The molecule has 0 aliphatic rings. The number of carboxylic acids is 1. The number of hydrogen-bond donors (Lipinski definition) is 1. The molecule has 20 heavy (non-hydrogen) atoms. The van der Waals surface area contributed by atoms with Crippen LogP contribution in [-0.4, -0.2) is 26.8 Å². The average molecular weight is 272 g/mol. The first kappa shape index (κ1) is 13.3. The fourth-order valence-electron chi connectivity index (χ4n) is 1.66. The molecule has 1 aromatic heterocycles. The van der Waals surface area contributed by atoms with E-state index in [1.807, 2.05) is 0 Å². The van der Waals surface area contributed by atoms with E-state index >= 15 is 0 Å². The molecule has 0 saturated heterocycles. The van der Waals surface area contributed by atoms with Crippen LogP contribution in [0.2, 0.25) is 0 Å². The monoisotopic (exact) mass is 272 g/mol. The van der Waals surface area contributed by atoms with Crippen molar-refractivity contribution in [3.05, 3.63) is 69.5 Å². The Hall–Kier alpha value is -3.09. The lowest BCUT2D eigenvalue weighted by Gasteiger charge is -2.03. The number of benzene rings is 1. The van der Waals surface area contributed by atoms with E-state index in [0.717, 1.165) is 6.07 Å². The van der Waals surface area contributed by atoms with E-state index < -0.39 is 16.7 Å². The van der Waals surface area contributed by atoms with Crippen molar-refractivity contribution >= 4 is 17.4 Å². The van der Waals surface area contributed by atoms with Gasteiger partial charge in [-0.05, 0) is 12.1 Å². The summed E-state index contributed by atoms with van der Waals surface area (Å²) in [7, 11) is 0. The molecule has 0 aliphatic heterocycles. The number of aromatic carboxylic acids is 1. The number of ketones is 1. The summed E-state index contributed by atoms with van der Waals surface area (Å²) in [4.78, 5) is 37.0. The van der Waals surface area contributed by atoms with Crippen molar-refractivity contribution in [3.8, 4) is 0 Å². The molecule has 1 N–H and O–H groups in total.